The van der Waals surface area contributed by atoms with Crippen LogP contribution in [0, 0.1) is 12.8 Å². The molecule has 2 heterocycles. The molecule has 0 bridgehead atoms. The zero-order chi connectivity index (χ0) is 14.4. The van der Waals surface area contributed by atoms with Gasteiger partial charge in [-0.05, 0) is 38.1 Å². The minimum absolute atomic E-state index is 0.680. The summed E-state index contributed by atoms with van der Waals surface area (Å²) in [6.45, 7) is 15.7. The van der Waals surface area contributed by atoms with Crippen LogP contribution in [0.2, 0.25) is 0 Å². The van der Waals surface area contributed by atoms with E-state index in [-0.39, 0.29) is 0 Å². The minimum Gasteiger partial charge on any atom is -0.465 e. The van der Waals surface area contributed by atoms with Crippen molar-refractivity contribution >= 4 is 0 Å². The number of likely N-dealkylation sites (N-methyl/N-ethyl adjacent to an activating group) is 1. The Kier molecular flexibility index (Phi) is 6.07. The molecule has 0 saturated carbocycles. The predicted molar refractivity (Wildman–Crippen MR) is 82.9 cm³/mol. The van der Waals surface area contributed by atoms with Crippen LogP contribution in [0.25, 0.3) is 0 Å². The van der Waals surface area contributed by atoms with Crippen molar-refractivity contribution in [3.8, 4) is 0 Å². The number of hydrogen-bond donors (Lipinski definition) is 1. The Hall–Kier alpha value is -0.840. The van der Waals surface area contributed by atoms with Crippen LogP contribution in [0.1, 0.15) is 25.4 Å². The highest BCUT2D eigenvalue weighted by Crippen LogP contribution is 2.07. The molecule has 1 aliphatic heterocycles. The van der Waals surface area contributed by atoms with Crippen LogP contribution in [-0.2, 0) is 6.54 Å². The second-order valence-electron chi connectivity index (χ2n) is 5.98. The van der Waals surface area contributed by atoms with E-state index in [0.29, 0.717) is 5.92 Å². The van der Waals surface area contributed by atoms with Crippen LogP contribution < -0.4 is 5.32 Å². The monoisotopic (exact) mass is 279 g/mol. The summed E-state index contributed by atoms with van der Waals surface area (Å²) in [6, 6.07) is 4.07. The summed E-state index contributed by atoms with van der Waals surface area (Å²) in [4.78, 5) is 5.12. The Morgan fingerprint density at radius 2 is 1.90 bits per heavy atom. The first-order chi connectivity index (χ1) is 9.67. The van der Waals surface area contributed by atoms with Crippen LogP contribution in [0.4, 0.5) is 0 Å². The van der Waals surface area contributed by atoms with Crippen molar-refractivity contribution in [3.05, 3.63) is 23.7 Å². The van der Waals surface area contributed by atoms with Crippen LogP contribution in [0.3, 0.4) is 0 Å². The Balaban J connectivity index is 1.59. The molecule has 20 heavy (non-hydrogen) atoms. The van der Waals surface area contributed by atoms with Gasteiger partial charge in [0.2, 0.25) is 0 Å². The molecular weight excluding hydrogens is 250 g/mol. The van der Waals surface area contributed by atoms with E-state index >= 15 is 0 Å². The highest BCUT2D eigenvalue weighted by atomic mass is 16.3. The van der Waals surface area contributed by atoms with E-state index in [1.165, 1.54) is 39.3 Å². The van der Waals surface area contributed by atoms with Crippen LogP contribution in [-0.4, -0.2) is 55.6 Å². The summed E-state index contributed by atoms with van der Waals surface area (Å²) in [5, 5.41) is 3.49. The number of piperazine rings is 1. The normalized spacial score (nSPS) is 19.4. The van der Waals surface area contributed by atoms with Gasteiger partial charge < -0.3 is 19.5 Å². The molecule has 0 radical (unpaired) electrons. The number of nitrogens with zero attached hydrogens (tertiary/aromatic N) is 2. The van der Waals surface area contributed by atoms with Crippen molar-refractivity contribution in [2.45, 2.75) is 27.3 Å². The number of aryl methyl sites for hydroxylation is 1. The molecule has 1 saturated heterocycles. The Morgan fingerprint density at radius 1 is 1.20 bits per heavy atom. The standard InChI is InChI=1S/C16H29N3O/c1-4-18-7-9-19(10-8-18)13-14(2)11-17-12-16-6-5-15(3)20-16/h5-6,14,17H,4,7-13H2,1-3H3. The molecule has 0 aromatic carbocycles. The Morgan fingerprint density at radius 3 is 2.50 bits per heavy atom. The second kappa shape index (κ2) is 7.81. The van der Waals surface area contributed by atoms with Gasteiger partial charge in [0.25, 0.3) is 0 Å². The number of furan rings is 1. The van der Waals surface area contributed by atoms with E-state index in [0.717, 1.165) is 24.6 Å². The van der Waals surface area contributed by atoms with E-state index in [9.17, 15) is 0 Å². The molecule has 0 aliphatic carbocycles. The maximum absolute atomic E-state index is 5.56. The van der Waals surface area contributed by atoms with Gasteiger partial charge in [-0.1, -0.05) is 13.8 Å². The van der Waals surface area contributed by atoms with Crippen LogP contribution in [0.15, 0.2) is 16.5 Å². The molecule has 4 heteroatoms. The van der Waals surface area contributed by atoms with Gasteiger partial charge in [-0.15, -0.1) is 0 Å². The average Bonchev–Trinajstić information content (AvgIpc) is 2.85. The van der Waals surface area contributed by atoms with E-state index in [1.807, 2.05) is 13.0 Å². The summed E-state index contributed by atoms with van der Waals surface area (Å²) >= 11 is 0. The molecule has 0 spiro atoms. The molecule has 1 aromatic rings. The van der Waals surface area contributed by atoms with E-state index < -0.39 is 0 Å². The Labute approximate surface area is 123 Å². The lowest BCUT2D eigenvalue weighted by molar-refractivity contribution is 0.124. The van der Waals surface area contributed by atoms with Gasteiger partial charge in [0, 0.05) is 32.7 Å². The third-order valence-electron chi connectivity index (χ3n) is 4.07. The van der Waals surface area contributed by atoms with Gasteiger partial charge in [-0.25, -0.2) is 0 Å². The molecule has 0 amide bonds. The first-order valence-electron chi connectivity index (χ1n) is 7.88. The fraction of sp³-hybridized carbons (Fsp3) is 0.750. The number of hydrogen-bond acceptors (Lipinski definition) is 4. The summed E-state index contributed by atoms with van der Waals surface area (Å²) in [6.07, 6.45) is 0. The lowest BCUT2D eigenvalue weighted by Gasteiger charge is -2.35. The van der Waals surface area contributed by atoms with E-state index in [1.54, 1.807) is 0 Å². The van der Waals surface area contributed by atoms with Gasteiger partial charge in [-0.2, -0.15) is 0 Å². The van der Waals surface area contributed by atoms with E-state index in [4.69, 9.17) is 4.42 Å². The predicted octanol–water partition coefficient (Wildman–Crippen LogP) is 1.95. The molecule has 4 nitrogen and oxygen atoms in total. The molecule has 114 valence electrons. The smallest absolute Gasteiger partial charge is 0.117 e. The topological polar surface area (TPSA) is 31.6 Å². The lowest BCUT2D eigenvalue weighted by Crippen LogP contribution is -2.48. The van der Waals surface area contributed by atoms with Gasteiger partial charge in [0.15, 0.2) is 0 Å². The quantitative estimate of drug-likeness (QED) is 0.827. The van der Waals surface area contributed by atoms with Crippen molar-refractivity contribution in [3.63, 3.8) is 0 Å². The maximum atomic E-state index is 5.56. The lowest BCUT2D eigenvalue weighted by atomic mass is 10.1. The SMILES string of the molecule is CCN1CCN(CC(C)CNCc2ccc(C)o2)CC1. The Bertz CT molecular complexity index is 383. The van der Waals surface area contributed by atoms with Crippen LogP contribution in [0.5, 0.6) is 0 Å². The summed E-state index contributed by atoms with van der Waals surface area (Å²) in [5.74, 6) is 2.70. The van der Waals surface area contributed by atoms with Crippen molar-refractivity contribution in [1.82, 2.24) is 15.1 Å². The summed E-state index contributed by atoms with van der Waals surface area (Å²) in [5.41, 5.74) is 0. The fourth-order valence-corrected chi connectivity index (χ4v) is 2.82. The maximum Gasteiger partial charge on any atom is 0.117 e. The van der Waals surface area contributed by atoms with E-state index in [2.05, 4.69) is 35.0 Å². The zero-order valence-electron chi connectivity index (χ0n) is 13.2. The van der Waals surface area contributed by atoms with Gasteiger partial charge in [0.1, 0.15) is 11.5 Å². The fourth-order valence-electron chi connectivity index (χ4n) is 2.82. The summed E-state index contributed by atoms with van der Waals surface area (Å²) in [7, 11) is 0. The molecule has 1 aromatic heterocycles. The average molecular weight is 279 g/mol. The largest absolute Gasteiger partial charge is 0.465 e. The third kappa shape index (κ3) is 4.93. The van der Waals surface area contributed by atoms with Crippen molar-refractivity contribution in [1.29, 1.82) is 0 Å². The molecule has 1 fully saturated rings. The van der Waals surface area contributed by atoms with Crippen molar-refractivity contribution in [2.75, 3.05) is 45.8 Å². The molecule has 1 aliphatic rings. The highest BCUT2D eigenvalue weighted by molar-refractivity contribution is 5.05. The first kappa shape index (κ1) is 15.5. The highest BCUT2D eigenvalue weighted by Gasteiger charge is 2.17. The van der Waals surface area contributed by atoms with Gasteiger partial charge in [0.05, 0.1) is 6.54 Å². The van der Waals surface area contributed by atoms with Crippen molar-refractivity contribution < 1.29 is 4.42 Å². The van der Waals surface area contributed by atoms with Crippen LogP contribution >= 0.6 is 0 Å². The summed E-state index contributed by atoms with van der Waals surface area (Å²) < 4.78 is 5.56. The number of rotatable bonds is 7. The molecule has 1 unspecified atom stereocenters. The first-order valence-corrected chi connectivity index (χ1v) is 7.88. The minimum atomic E-state index is 0.680. The third-order valence-corrected chi connectivity index (χ3v) is 4.07. The molecule has 1 N–H and O–H groups in total. The van der Waals surface area contributed by atoms with Gasteiger partial charge >= 0.3 is 0 Å². The zero-order valence-corrected chi connectivity index (χ0v) is 13.2. The second-order valence-corrected chi connectivity index (χ2v) is 5.98. The van der Waals surface area contributed by atoms with Crippen molar-refractivity contribution in [2.24, 2.45) is 5.92 Å². The molecule has 2 rings (SSSR count). The molecule has 1 atom stereocenters. The number of nitrogens with one attached hydrogen (secondary N) is 1. The van der Waals surface area contributed by atoms with Gasteiger partial charge in [-0.3, -0.25) is 0 Å². The molecular formula is C16H29N3O.